The Balaban J connectivity index is 1.42. The third-order valence-corrected chi connectivity index (χ3v) is 6.65. The zero-order valence-electron chi connectivity index (χ0n) is 17.9. The highest BCUT2D eigenvalue weighted by Gasteiger charge is 2.26. The molecular formula is C23H23F2N3O4S. The van der Waals surface area contributed by atoms with E-state index in [1.165, 1.54) is 29.0 Å². The number of nitrogen functional groups attached to an aromatic ring is 1. The summed E-state index contributed by atoms with van der Waals surface area (Å²) < 4.78 is 63.3. The van der Waals surface area contributed by atoms with Crippen LogP contribution in [0.1, 0.15) is 12.8 Å². The lowest BCUT2D eigenvalue weighted by atomic mass is 10.1. The van der Waals surface area contributed by atoms with Gasteiger partial charge in [-0.1, -0.05) is 6.07 Å². The molecule has 2 N–H and O–H groups in total. The monoisotopic (exact) mass is 475 g/mol. The summed E-state index contributed by atoms with van der Waals surface area (Å²) in [5.41, 5.74) is 7.55. The molecule has 0 radical (unpaired) electrons. The van der Waals surface area contributed by atoms with Gasteiger partial charge in [0, 0.05) is 30.9 Å². The fourth-order valence-electron chi connectivity index (χ4n) is 3.60. The number of nitrogens with zero attached hydrogens (tertiary/aromatic N) is 2. The number of pyridine rings is 1. The van der Waals surface area contributed by atoms with E-state index in [4.69, 9.17) is 15.2 Å². The van der Waals surface area contributed by atoms with Crippen LogP contribution in [-0.2, 0) is 10.0 Å². The lowest BCUT2D eigenvalue weighted by Gasteiger charge is -2.30. The van der Waals surface area contributed by atoms with Crippen molar-refractivity contribution in [3.05, 3.63) is 66.5 Å². The Bertz CT molecular complexity index is 1260. The van der Waals surface area contributed by atoms with E-state index >= 15 is 0 Å². The molecule has 0 unspecified atom stereocenters. The molecule has 1 aromatic heterocycles. The van der Waals surface area contributed by atoms with Crippen molar-refractivity contribution in [2.45, 2.75) is 18.9 Å². The van der Waals surface area contributed by atoms with Crippen molar-refractivity contribution in [3.8, 4) is 28.4 Å². The maximum Gasteiger partial charge on any atom is 0.211 e. The van der Waals surface area contributed by atoms with Crippen molar-refractivity contribution in [1.29, 1.82) is 0 Å². The second kappa shape index (κ2) is 9.32. The molecule has 2 aromatic carbocycles. The molecule has 174 valence electrons. The molecule has 0 saturated carbocycles. The SMILES string of the molecule is CS(=O)(=O)N1CCC(Oc2ccc(Oc3cncc(-c4ccc(F)c(F)c4)c3)cc2N)CC1. The molecule has 1 saturated heterocycles. The van der Waals surface area contributed by atoms with E-state index < -0.39 is 21.7 Å². The predicted octanol–water partition coefficient (Wildman–Crippen LogP) is 4.20. The Morgan fingerprint density at radius 2 is 1.73 bits per heavy atom. The summed E-state index contributed by atoms with van der Waals surface area (Å²) in [5, 5.41) is 0. The van der Waals surface area contributed by atoms with E-state index in [1.54, 1.807) is 24.3 Å². The van der Waals surface area contributed by atoms with Crippen molar-refractivity contribution < 1.29 is 26.7 Å². The van der Waals surface area contributed by atoms with E-state index in [0.29, 0.717) is 60.0 Å². The quantitative estimate of drug-likeness (QED) is 0.537. The lowest BCUT2D eigenvalue weighted by Crippen LogP contribution is -2.41. The maximum atomic E-state index is 13.6. The van der Waals surface area contributed by atoms with Crippen LogP contribution in [0.15, 0.2) is 54.9 Å². The van der Waals surface area contributed by atoms with Gasteiger partial charge in [0.05, 0.1) is 18.1 Å². The van der Waals surface area contributed by atoms with Crippen LogP contribution in [0.2, 0.25) is 0 Å². The molecule has 0 bridgehead atoms. The van der Waals surface area contributed by atoms with Crippen molar-refractivity contribution in [3.63, 3.8) is 0 Å². The van der Waals surface area contributed by atoms with Gasteiger partial charge < -0.3 is 15.2 Å². The molecule has 0 spiro atoms. The predicted molar refractivity (Wildman–Crippen MR) is 121 cm³/mol. The van der Waals surface area contributed by atoms with Gasteiger partial charge in [0.25, 0.3) is 0 Å². The van der Waals surface area contributed by atoms with Crippen LogP contribution >= 0.6 is 0 Å². The molecule has 0 atom stereocenters. The normalized spacial score (nSPS) is 15.4. The van der Waals surface area contributed by atoms with E-state index in [2.05, 4.69) is 4.98 Å². The third kappa shape index (κ3) is 5.58. The number of benzene rings is 2. The minimum absolute atomic E-state index is 0.131. The Morgan fingerprint density at radius 3 is 2.39 bits per heavy atom. The minimum atomic E-state index is -3.19. The summed E-state index contributed by atoms with van der Waals surface area (Å²) in [7, 11) is -3.19. The van der Waals surface area contributed by atoms with Crippen molar-refractivity contribution >= 4 is 15.7 Å². The van der Waals surface area contributed by atoms with Crippen LogP contribution in [0, 0.1) is 11.6 Å². The Kier molecular flexibility index (Phi) is 6.48. The number of rotatable bonds is 6. The van der Waals surface area contributed by atoms with Gasteiger partial charge in [0.15, 0.2) is 11.6 Å². The van der Waals surface area contributed by atoms with Crippen LogP contribution in [0.4, 0.5) is 14.5 Å². The standard InChI is InChI=1S/C23H23F2N3O4S/c1-33(29,30)28-8-6-17(7-9-28)32-23-5-3-18(12-22(23)26)31-19-10-16(13-27-14-19)15-2-4-20(24)21(25)11-15/h2-5,10-14,17H,6-9,26H2,1H3. The first kappa shape index (κ1) is 22.9. The summed E-state index contributed by atoms with van der Waals surface area (Å²) in [6, 6.07) is 10.3. The van der Waals surface area contributed by atoms with Gasteiger partial charge in [-0.25, -0.2) is 21.5 Å². The zero-order valence-corrected chi connectivity index (χ0v) is 18.7. The molecule has 4 rings (SSSR count). The smallest absolute Gasteiger partial charge is 0.211 e. The molecule has 3 aromatic rings. The van der Waals surface area contributed by atoms with Gasteiger partial charge in [-0.15, -0.1) is 0 Å². The molecule has 33 heavy (non-hydrogen) atoms. The molecule has 1 fully saturated rings. The summed E-state index contributed by atoms with van der Waals surface area (Å²) >= 11 is 0. The van der Waals surface area contributed by atoms with Crippen molar-refractivity contribution in [2.75, 3.05) is 25.1 Å². The van der Waals surface area contributed by atoms with Gasteiger partial charge in [-0.05, 0) is 48.7 Å². The van der Waals surface area contributed by atoms with Crippen LogP contribution in [0.3, 0.4) is 0 Å². The fraction of sp³-hybridized carbons (Fsp3) is 0.261. The molecule has 0 amide bonds. The van der Waals surface area contributed by atoms with E-state index in [9.17, 15) is 17.2 Å². The molecule has 7 nitrogen and oxygen atoms in total. The molecule has 2 heterocycles. The van der Waals surface area contributed by atoms with Crippen molar-refractivity contribution in [1.82, 2.24) is 9.29 Å². The van der Waals surface area contributed by atoms with Gasteiger partial charge in [-0.2, -0.15) is 0 Å². The van der Waals surface area contributed by atoms with Gasteiger partial charge >= 0.3 is 0 Å². The molecule has 1 aliphatic rings. The van der Waals surface area contributed by atoms with Crippen LogP contribution in [0.5, 0.6) is 17.2 Å². The van der Waals surface area contributed by atoms with Crippen molar-refractivity contribution in [2.24, 2.45) is 0 Å². The van der Waals surface area contributed by atoms with Gasteiger partial charge in [-0.3, -0.25) is 4.98 Å². The second-order valence-corrected chi connectivity index (χ2v) is 9.80. The molecule has 10 heteroatoms. The highest BCUT2D eigenvalue weighted by atomic mass is 32.2. The fourth-order valence-corrected chi connectivity index (χ4v) is 4.48. The Morgan fingerprint density at radius 1 is 0.970 bits per heavy atom. The summed E-state index contributed by atoms with van der Waals surface area (Å²) in [4.78, 5) is 4.11. The number of aromatic nitrogens is 1. The van der Waals surface area contributed by atoms with Gasteiger partial charge in [0.1, 0.15) is 23.4 Å². The maximum absolute atomic E-state index is 13.6. The number of ether oxygens (including phenoxy) is 2. The first-order valence-electron chi connectivity index (χ1n) is 10.3. The number of hydrogen-bond donors (Lipinski definition) is 1. The molecule has 1 aliphatic heterocycles. The lowest BCUT2D eigenvalue weighted by molar-refractivity contribution is 0.136. The third-order valence-electron chi connectivity index (χ3n) is 5.35. The average molecular weight is 476 g/mol. The highest BCUT2D eigenvalue weighted by molar-refractivity contribution is 7.88. The topological polar surface area (TPSA) is 94.8 Å². The summed E-state index contributed by atoms with van der Waals surface area (Å²) in [6.07, 6.45) is 5.25. The van der Waals surface area contributed by atoms with Crippen LogP contribution in [-0.4, -0.2) is 43.2 Å². The van der Waals surface area contributed by atoms with E-state index in [0.717, 1.165) is 12.1 Å². The average Bonchev–Trinajstić information content (AvgIpc) is 2.77. The highest BCUT2D eigenvalue weighted by Crippen LogP contribution is 2.32. The summed E-state index contributed by atoms with van der Waals surface area (Å²) in [6.45, 7) is 0.817. The largest absolute Gasteiger partial charge is 0.488 e. The Hall–Kier alpha value is -3.24. The first-order chi connectivity index (χ1) is 15.7. The number of piperidine rings is 1. The summed E-state index contributed by atoms with van der Waals surface area (Å²) in [5.74, 6) is -0.509. The second-order valence-electron chi connectivity index (χ2n) is 7.82. The number of halogens is 2. The molecular weight excluding hydrogens is 452 g/mol. The van der Waals surface area contributed by atoms with E-state index in [1.807, 2.05) is 0 Å². The number of anilines is 1. The number of hydrogen-bond acceptors (Lipinski definition) is 6. The van der Waals surface area contributed by atoms with Crippen LogP contribution < -0.4 is 15.2 Å². The van der Waals surface area contributed by atoms with E-state index in [-0.39, 0.29) is 6.10 Å². The minimum Gasteiger partial charge on any atom is -0.488 e. The number of sulfonamides is 1. The van der Waals surface area contributed by atoms with Crippen LogP contribution in [0.25, 0.3) is 11.1 Å². The Labute approximate surface area is 190 Å². The molecule has 0 aliphatic carbocycles. The van der Waals surface area contributed by atoms with Gasteiger partial charge in [0.2, 0.25) is 10.0 Å². The number of nitrogens with two attached hydrogens (primary N) is 1. The first-order valence-corrected chi connectivity index (χ1v) is 12.1. The zero-order chi connectivity index (χ0) is 23.6.